The van der Waals surface area contributed by atoms with Crippen molar-refractivity contribution in [1.29, 1.82) is 0 Å². The Bertz CT molecular complexity index is 861. The van der Waals surface area contributed by atoms with Crippen molar-refractivity contribution in [3.05, 3.63) is 71.9 Å². The van der Waals surface area contributed by atoms with E-state index >= 15 is 0 Å². The van der Waals surface area contributed by atoms with Crippen molar-refractivity contribution in [2.24, 2.45) is 0 Å². The number of hydrogen-bond donors (Lipinski definition) is 0. The molecule has 1 nitrogen and oxygen atoms in total. The molecule has 0 aliphatic rings. The van der Waals surface area contributed by atoms with Crippen molar-refractivity contribution in [3.63, 3.8) is 0 Å². The smallest absolute Gasteiger partial charge is 0.0776 e. The quantitative estimate of drug-likeness (QED) is 0.571. The van der Waals surface area contributed by atoms with Crippen LogP contribution < -0.4 is 5.19 Å². The van der Waals surface area contributed by atoms with E-state index in [9.17, 15) is 0 Å². The highest BCUT2D eigenvalue weighted by Crippen LogP contribution is 2.28. The third-order valence-electron chi connectivity index (χ3n) is 4.56. The van der Waals surface area contributed by atoms with Crippen molar-refractivity contribution in [3.8, 4) is 22.4 Å². The van der Waals surface area contributed by atoms with Crippen LogP contribution in [-0.4, -0.2) is 13.1 Å². The minimum Gasteiger partial charge on any atom is -0.256 e. The molecular formula is C22H25NSi. The number of nitrogens with zero attached hydrogens (tertiary/aromatic N) is 1. The van der Waals surface area contributed by atoms with Gasteiger partial charge in [-0.05, 0) is 36.6 Å². The number of aromatic nitrogens is 1. The summed E-state index contributed by atoms with van der Waals surface area (Å²) in [6, 6.07) is 19.5. The zero-order chi connectivity index (χ0) is 17.3. The van der Waals surface area contributed by atoms with Crippen LogP contribution in [0.4, 0.5) is 0 Å². The summed E-state index contributed by atoms with van der Waals surface area (Å²) in [5.74, 6) is 0. The Balaban J connectivity index is 2.02. The molecule has 1 aromatic heterocycles. The van der Waals surface area contributed by atoms with Crippen molar-refractivity contribution in [1.82, 2.24) is 4.98 Å². The molecule has 0 aliphatic heterocycles. The average Bonchev–Trinajstić information content (AvgIpc) is 2.55. The SMILES string of the molecule is Cc1cc([Si](C)(C)C)ccc1-c1cnc(-c2ccccc2)cc1C. The summed E-state index contributed by atoms with van der Waals surface area (Å²) in [5, 5.41) is 1.51. The van der Waals surface area contributed by atoms with Crippen molar-refractivity contribution in [2.75, 3.05) is 0 Å². The standard InChI is InChI=1S/C22H25NSi/c1-16-13-19(24(3,4)5)11-12-20(16)21-15-23-22(14-17(21)2)18-9-7-6-8-10-18/h6-15H,1-5H3. The summed E-state index contributed by atoms with van der Waals surface area (Å²) in [6.45, 7) is 11.6. The van der Waals surface area contributed by atoms with Gasteiger partial charge in [0.1, 0.15) is 0 Å². The third kappa shape index (κ3) is 3.34. The van der Waals surface area contributed by atoms with Gasteiger partial charge in [0.2, 0.25) is 0 Å². The second kappa shape index (κ2) is 6.37. The van der Waals surface area contributed by atoms with E-state index < -0.39 is 8.07 Å². The molecule has 0 bridgehead atoms. The Kier molecular flexibility index (Phi) is 4.42. The number of rotatable bonds is 3. The maximum absolute atomic E-state index is 4.71. The Hall–Kier alpha value is -2.19. The molecule has 0 amide bonds. The predicted octanol–water partition coefficient (Wildman–Crippen LogP) is 5.58. The summed E-state index contributed by atoms with van der Waals surface area (Å²) < 4.78 is 0. The van der Waals surface area contributed by atoms with Crippen LogP contribution in [0.3, 0.4) is 0 Å². The zero-order valence-electron chi connectivity index (χ0n) is 15.2. The molecule has 0 radical (unpaired) electrons. The topological polar surface area (TPSA) is 12.9 Å². The van der Waals surface area contributed by atoms with Crippen LogP contribution in [0.2, 0.25) is 19.6 Å². The molecule has 24 heavy (non-hydrogen) atoms. The lowest BCUT2D eigenvalue weighted by Crippen LogP contribution is -2.37. The number of hydrogen-bond acceptors (Lipinski definition) is 1. The lowest BCUT2D eigenvalue weighted by atomic mass is 9.97. The molecule has 0 unspecified atom stereocenters. The second-order valence-electron chi connectivity index (χ2n) is 7.53. The third-order valence-corrected chi connectivity index (χ3v) is 6.61. The summed E-state index contributed by atoms with van der Waals surface area (Å²) in [4.78, 5) is 4.71. The summed E-state index contributed by atoms with van der Waals surface area (Å²) >= 11 is 0. The summed E-state index contributed by atoms with van der Waals surface area (Å²) in [5.41, 5.74) is 7.34. The number of benzene rings is 2. The van der Waals surface area contributed by atoms with E-state index in [1.165, 1.54) is 27.4 Å². The molecule has 0 fully saturated rings. The Labute approximate surface area is 146 Å². The molecule has 3 rings (SSSR count). The van der Waals surface area contributed by atoms with Crippen LogP contribution in [0.25, 0.3) is 22.4 Å². The molecular weight excluding hydrogens is 306 g/mol. The minimum absolute atomic E-state index is 1.04. The maximum atomic E-state index is 4.71. The molecule has 2 aromatic carbocycles. The number of pyridine rings is 1. The molecule has 122 valence electrons. The highest BCUT2D eigenvalue weighted by molar-refractivity contribution is 6.88. The monoisotopic (exact) mass is 331 g/mol. The highest BCUT2D eigenvalue weighted by Gasteiger charge is 2.17. The van der Waals surface area contributed by atoms with Gasteiger partial charge in [0.05, 0.1) is 13.8 Å². The van der Waals surface area contributed by atoms with E-state index in [-0.39, 0.29) is 0 Å². The van der Waals surface area contributed by atoms with Gasteiger partial charge in [-0.2, -0.15) is 0 Å². The largest absolute Gasteiger partial charge is 0.256 e. The van der Waals surface area contributed by atoms with E-state index in [0.29, 0.717) is 0 Å². The van der Waals surface area contributed by atoms with Gasteiger partial charge in [0, 0.05) is 17.3 Å². The maximum Gasteiger partial charge on any atom is 0.0776 e. The van der Waals surface area contributed by atoms with Crippen LogP contribution in [0.15, 0.2) is 60.8 Å². The Morgan fingerprint density at radius 2 is 1.42 bits per heavy atom. The van der Waals surface area contributed by atoms with E-state index in [2.05, 4.69) is 82.0 Å². The molecule has 0 spiro atoms. The van der Waals surface area contributed by atoms with Gasteiger partial charge >= 0.3 is 0 Å². The van der Waals surface area contributed by atoms with Gasteiger partial charge in [-0.3, -0.25) is 4.98 Å². The lowest BCUT2D eigenvalue weighted by Gasteiger charge is -2.19. The Morgan fingerprint density at radius 1 is 0.750 bits per heavy atom. The molecule has 0 aliphatic carbocycles. The fourth-order valence-corrected chi connectivity index (χ4v) is 4.27. The molecule has 0 N–H and O–H groups in total. The molecule has 0 atom stereocenters. The fourth-order valence-electron chi connectivity index (χ4n) is 3.04. The highest BCUT2D eigenvalue weighted by atomic mass is 28.3. The molecule has 0 saturated heterocycles. The zero-order valence-corrected chi connectivity index (χ0v) is 16.2. The molecule has 1 heterocycles. The van der Waals surface area contributed by atoms with E-state index in [1.54, 1.807) is 0 Å². The molecule has 2 heteroatoms. The van der Waals surface area contributed by atoms with Gasteiger partial charge in [0.15, 0.2) is 0 Å². The van der Waals surface area contributed by atoms with Crippen molar-refractivity contribution in [2.45, 2.75) is 33.5 Å². The first-order valence-electron chi connectivity index (χ1n) is 8.50. The lowest BCUT2D eigenvalue weighted by molar-refractivity contribution is 1.28. The van der Waals surface area contributed by atoms with Gasteiger partial charge < -0.3 is 0 Å². The van der Waals surface area contributed by atoms with Crippen LogP contribution in [0.1, 0.15) is 11.1 Å². The van der Waals surface area contributed by atoms with Crippen LogP contribution in [0, 0.1) is 13.8 Å². The first kappa shape index (κ1) is 16.7. The van der Waals surface area contributed by atoms with E-state index in [0.717, 1.165) is 11.3 Å². The van der Waals surface area contributed by atoms with Gasteiger partial charge in [-0.1, -0.05) is 73.4 Å². The summed E-state index contributed by atoms with van der Waals surface area (Å²) in [7, 11) is -1.27. The molecule has 0 saturated carbocycles. The van der Waals surface area contributed by atoms with E-state index in [4.69, 9.17) is 4.98 Å². The van der Waals surface area contributed by atoms with Gasteiger partial charge in [0.25, 0.3) is 0 Å². The summed E-state index contributed by atoms with van der Waals surface area (Å²) in [6.07, 6.45) is 2.02. The second-order valence-corrected chi connectivity index (χ2v) is 12.6. The predicted molar refractivity (Wildman–Crippen MR) is 108 cm³/mol. The number of aryl methyl sites for hydroxylation is 2. The first-order valence-corrected chi connectivity index (χ1v) is 12.0. The van der Waals surface area contributed by atoms with Crippen molar-refractivity contribution < 1.29 is 0 Å². The van der Waals surface area contributed by atoms with Crippen molar-refractivity contribution >= 4 is 13.3 Å². The van der Waals surface area contributed by atoms with E-state index in [1.807, 2.05) is 12.3 Å². The Morgan fingerprint density at radius 3 is 2.00 bits per heavy atom. The average molecular weight is 332 g/mol. The van der Waals surface area contributed by atoms with Gasteiger partial charge in [-0.25, -0.2) is 0 Å². The van der Waals surface area contributed by atoms with Crippen LogP contribution in [-0.2, 0) is 0 Å². The minimum atomic E-state index is -1.27. The normalized spacial score (nSPS) is 11.5. The first-order chi connectivity index (χ1) is 11.4. The van der Waals surface area contributed by atoms with Gasteiger partial charge in [-0.15, -0.1) is 0 Å². The molecule has 3 aromatic rings. The fraction of sp³-hybridized carbons (Fsp3) is 0.227. The van der Waals surface area contributed by atoms with Crippen LogP contribution in [0.5, 0.6) is 0 Å². The van der Waals surface area contributed by atoms with Crippen LogP contribution >= 0.6 is 0 Å².